The number of benzene rings is 2. The van der Waals surface area contributed by atoms with Crippen LogP contribution in [0, 0.1) is 5.82 Å². The van der Waals surface area contributed by atoms with E-state index in [0.717, 1.165) is 0 Å². The van der Waals surface area contributed by atoms with Crippen LogP contribution in [-0.4, -0.2) is 15.5 Å². The third kappa shape index (κ3) is 2.69. The Morgan fingerprint density at radius 1 is 1.14 bits per heavy atom. The number of amides is 1. The molecule has 0 saturated carbocycles. The lowest BCUT2D eigenvalue weighted by Crippen LogP contribution is -2.25. The van der Waals surface area contributed by atoms with Gasteiger partial charge in [-0.15, -0.1) is 0 Å². The van der Waals surface area contributed by atoms with Gasteiger partial charge < -0.3 is 10.3 Å². The molecule has 0 atom stereocenters. The van der Waals surface area contributed by atoms with Crippen LogP contribution in [0.4, 0.5) is 10.1 Å². The topological polar surface area (TPSA) is 66.9 Å². The molecular formula is C15H12FN3O2. The third-order valence-corrected chi connectivity index (χ3v) is 3.11. The van der Waals surface area contributed by atoms with E-state index in [4.69, 9.17) is 0 Å². The summed E-state index contributed by atoms with van der Waals surface area (Å²) in [6.07, 6.45) is 0. The molecule has 0 aliphatic rings. The first-order valence-corrected chi connectivity index (χ1v) is 6.36. The number of nitrogens with one attached hydrogen (secondary N) is 2. The SMILES string of the molecule is O=C(Cn1c(=O)[nH]c2ccccc21)Nc1ccc(F)cc1. The van der Waals surface area contributed by atoms with Crippen LogP contribution in [0.2, 0.25) is 0 Å². The Balaban J connectivity index is 1.82. The molecule has 0 unspecified atom stereocenters. The summed E-state index contributed by atoms with van der Waals surface area (Å²) in [5.74, 6) is -0.727. The summed E-state index contributed by atoms with van der Waals surface area (Å²) in [6.45, 7) is -0.111. The van der Waals surface area contributed by atoms with E-state index in [9.17, 15) is 14.0 Å². The fourth-order valence-corrected chi connectivity index (χ4v) is 2.14. The Hall–Kier alpha value is -2.89. The summed E-state index contributed by atoms with van der Waals surface area (Å²) in [6, 6.07) is 12.6. The molecule has 1 amide bonds. The van der Waals surface area contributed by atoms with E-state index >= 15 is 0 Å². The molecule has 21 heavy (non-hydrogen) atoms. The molecule has 0 radical (unpaired) electrons. The first kappa shape index (κ1) is 13.1. The van der Waals surface area contributed by atoms with Crippen LogP contribution < -0.4 is 11.0 Å². The number of para-hydroxylation sites is 2. The predicted molar refractivity (Wildman–Crippen MR) is 77.6 cm³/mol. The van der Waals surface area contributed by atoms with Gasteiger partial charge in [-0.3, -0.25) is 9.36 Å². The summed E-state index contributed by atoms with van der Waals surface area (Å²) in [5, 5.41) is 2.62. The molecule has 0 bridgehead atoms. The number of nitrogens with zero attached hydrogens (tertiary/aromatic N) is 1. The second-order valence-corrected chi connectivity index (χ2v) is 4.59. The monoisotopic (exact) mass is 285 g/mol. The van der Waals surface area contributed by atoms with Gasteiger partial charge in [-0.25, -0.2) is 9.18 Å². The highest BCUT2D eigenvalue weighted by atomic mass is 19.1. The van der Waals surface area contributed by atoms with E-state index < -0.39 is 0 Å². The molecule has 0 fully saturated rings. The van der Waals surface area contributed by atoms with Gasteiger partial charge >= 0.3 is 5.69 Å². The number of rotatable bonds is 3. The number of halogens is 1. The van der Waals surface area contributed by atoms with Crippen LogP contribution in [0.15, 0.2) is 53.3 Å². The zero-order valence-corrected chi connectivity index (χ0v) is 11.0. The van der Waals surface area contributed by atoms with Gasteiger partial charge in [0.05, 0.1) is 11.0 Å². The first-order chi connectivity index (χ1) is 10.1. The third-order valence-electron chi connectivity index (χ3n) is 3.11. The number of hydrogen-bond donors (Lipinski definition) is 2. The maximum atomic E-state index is 12.8. The van der Waals surface area contributed by atoms with Crippen LogP contribution in [0.1, 0.15) is 0 Å². The van der Waals surface area contributed by atoms with Crippen molar-refractivity contribution in [1.29, 1.82) is 0 Å². The smallest absolute Gasteiger partial charge is 0.325 e. The van der Waals surface area contributed by atoms with Crippen LogP contribution in [0.5, 0.6) is 0 Å². The average Bonchev–Trinajstić information content (AvgIpc) is 2.78. The number of aromatic amines is 1. The molecule has 0 aliphatic heterocycles. The minimum absolute atomic E-state index is 0.111. The molecule has 1 aromatic heterocycles. The molecule has 5 nitrogen and oxygen atoms in total. The second-order valence-electron chi connectivity index (χ2n) is 4.59. The Bertz CT molecular complexity index is 849. The number of fused-ring (bicyclic) bond motifs is 1. The van der Waals surface area contributed by atoms with Gasteiger partial charge in [0.15, 0.2) is 0 Å². The standard InChI is InChI=1S/C15H12FN3O2/c16-10-5-7-11(8-6-10)17-14(20)9-19-13-4-2-1-3-12(13)18-15(19)21/h1-8H,9H2,(H,17,20)(H,18,21). The molecule has 2 aromatic carbocycles. The summed E-state index contributed by atoms with van der Waals surface area (Å²) in [7, 11) is 0. The van der Waals surface area contributed by atoms with Crippen molar-refractivity contribution < 1.29 is 9.18 Å². The van der Waals surface area contributed by atoms with E-state index in [2.05, 4.69) is 10.3 Å². The molecule has 3 aromatic rings. The fraction of sp³-hybridized carbons (Fsp3) is 0.0667. The molecule has 1 heterocycles. The molecular weight excluding hydrogens is 273 g/mol. The van der Waals surface area contributed by atoms with E-state index in [1.165, 1.54) is 28.8 Å². The number of anilines is 1. The molecule has 0 aliphatic carbocycles. The average molecular weight is 285 g/mol. The van der Waals surface area contributed by atoms with Crippen molar-refractivity contribution in [2.45, 2.75) is 6.54 Å². The van der Waals surface area contributed by atoms with Gasteiger partial charge in [0.1, 0.15) is 12.4 Å². The number of imidazole rings is 1. The molecule has 2 N–H and O–H groups in total. The fourth-order valence-electron chi connectivity index (χ4n) is 2.14. The molecule has 6 heteroatoms. The van der Waals surface area contributed by atoms with Crippen molar-refractivity contribution in [2.75, 3.05) is 5.32 Å². The Kier molecular flexibility index (Phi) is 3.27. The minimum atomic E-state index is -0.374. The van der Waals surface area contributed by atoms with Crippen molar-refractivity contribution in [2.24, 2.45) is 0 Å². The Morgan fingerprint density at radius 3 is 2.62 bits per heavy atom. The lowest BCUT2D eigenvalue weighted by Gasteiger charge is -2.06. The molecule has 106 valence electrons. The number of aromatic nitrogens is 2. The summed E-state index contributed by atoms with van der Waals surface area (Å²) in [5.41, 5.74) is 1.48. The predicted octanol–water partition coefficient (Wildman–Crippen LogP) is 2.11. The zero-order valence-electron chi connectivity index (χ0n) is 11.0. The normalized spacial score (nSPS) is 10.7. The van der Waals surface area contributed by atoms with Crippen molar-refractivity contribution in [3.63, 3.8) is 0 Å². The van der Waals surface area contributed by atoms with E-state index in [0.29, 0.717) is 16.7 Å². The van der Waals surface area contributed by atoms with Gasteiger partial charge in [-0.05, 0) is 36.4 Å². The van der Waals surface area contributed by atoms with E-state index in [1.807, 2.05) is 0 Å². The lowest BCUT2D eigenvalue weighted by atomic mass is 10.3. The summed E-state index contributed by atoms with van der Waals surface area (Å²) >= 11 is 0. The van der Waals surface area contributed by atoms with Gasteiger partial charge in [-0.2, -0.15) is 0 Å². The minimum Gasteiger partial charge on any atom is -0.325 e. The van der Waals surface area contributed by atoms with E-state index in [1.54, 1.807) is 24.3 Å². The zero-order chi connectivity index (χ0) is 14.8. The van der Waals surface area contributed by atoms with Crippen molar-refractivity contribution >= 4 is 22.6 Å². The number of H-pyrrole nitrogens is 1. The van der Waals surface area contributed by atoms with Crippen molar-refractivity contribution in [1.82, 2.24) is 9.55 Å². The maximum Gasteiger partial charge on any atom is 0.326 e. The lowest BCUT2D eigenvalue weighted by molar-refractivity contribution is -0.116. The van der Waals surface area contributed by atoms with Gasteiger partial charge in [0.2, 0.25) is 5.91 Å². The van der Waals surface area contributed by atoms with Crippen molar-refractivity contribution in [3.8, 4) is 0 Å². The van der Waals surface area contributed by atoms with Crippen LogP contribution in [0.3, 0.4) is 0 Å². The Labute approximate surface area is 119 Å². The number of carbonyl (C=O) groups is 1. The van der Waals surface area contributed by atoms with Crippen LogP contribution >= 0.6 is 0 Å². The highest BCUT2D eigenvalue weighted by molar-refractivity contribution is 5.91. The Morgan fingerprint density at radius 2 is 1.86 bits per heavy atom. The maximum absolute atomic E-state index is 12.8. The van der Waals surface area contributed by atoms with Gasteiger partial charge in [0, 0.05) is 5.69 Å². The number of carbonyl (C=O) groups excluding carboxylic acids is 1. The van der Waals surface area contributed by atoms with Crippen LogP contribution in [-0.2, 0) is 11.3 Å². The quantitative estimate of drug-likeness (QED) is 0.774. The molecule has 0 saturated heterocycles. The highest BCUT2D eigenvalue weighted by Crippen LogP contribution is 2.10. The van der Waals surface area contributed by atoms with Crippen molar-refractivity contribution in [3.05, 3.63) is 64.8 Å². The molecule has 0 spiro atoms. The highest BCUT2D eigenvalue weighted by Gasteiger charge is 2.10. The molecule has 3 rings (SSSR count). The number of hydrogen-bond acceptors (Lipinski definition) is 2. The van der Waals surface area contributed by atoms with E-state index in [-0.39, 0.29) is 24.0 Å². The second kappa shape index (κ2) is 5.24. The summed E-state index contributed by atoms with van der Waals surface area (Å²) < 4.78 is 14.1. The largest absolute Gasteiger partial charge is 0.326 e. The van der Waals surface area contributed by atoms with Gasteiger partial charge in [0.25, 0.3) is 0 Å². The van der Waals surface area contributed by atoms with Crippen LogP contribution in [0.25, 0.3) is 11.0 Å². The first-order valence-electron chi connectivity index (χ1n) is 6.36. The summed E-state index contributed by atoms with van der Waals surface area (Å²) in [4.78, 5) is 26.5. The van der Waals surface area contributed by atoms with Gasteiger partial charge in [-0.1, -0.05) is 12.1 Å².